The third kappa shape index (κ3) is 6.42. The van der Waals surface area contributed by atoms with Gasteiger partial charge in [0, 0.05) is 6.54 Å². The van der Waals surface area contributed by atoms with Gasteiger partial charge in [-0.25, -0.2) is 0 Å². The van der Waals surface area contributed by atoms with Crippen LogP contribution in [-0.4, -0.2) is 36.2 Å². The first-order chi connectivity index (χ1) is 9.09. The molecule has 0 heterocycles. The van der Waals surface area contributed by atoms with Crippen molar-refractivity contribution in [2.24, 2.45) is 5.73 Å². The summed E-state index contributed by atoms with van der Waals surface area (Å²) in [6.45, 7) is 0.872. The highest BCUT2D eigenvalue weighted by Gasteiger charge is 2.15. The molecule has 0 radical (unpaired) electrons. The van der Waals surface area contributed by atoms with E-state index in [0.717, 1.165) is 5.75 Å². The van der Waals surface area contributed by atoms with Crippen molar-refractivity contribution in [2.75, 3.05) is 13.2 Å². The lowest BCUT2D eigenvalue weighted by Crippen LogP contribution is -2.42. The maximum absolute atomic E-state index is 11.4. The van der Waals surface area contributed by atoms with E-state index >= 15 is 0 Å². The number of aliphatic carboxylic acids is 1. The molecule has 4 N–H and O–H groups in total. The zero-order valence-corrected chi connectivity index (χ0v) is 10.5. The van der Waals surface area contributed by atoms with Crippen molar-refractivity contribution in [3.63, 3.8) is 0 Å². The maximum atomic E-state index is 11.4. The molecule has 1 amide bonds. The Labute approximate surface area is 111 Å². The Kier molecular flexibility index (Phi) is 6.38. The number of hydrogen-bond donors (Lipinski definition) is 3. The second-order valence-electron chi connectivity index (χ2n) is 4.01. The number of carboxylic acid groups (broad SMARTS) is 1. The van der Waals surface area contributed by atoms with E-state index in [4.69, 9.17) is 15.6 Å². The van der Waals surface area contributed by atoms with Crippen LogP contribution in [0.4, 0.5) is 0 Å². The Hall–Kier alpha value is -2.08. The number of carbonyl (C=O) groups excluding carboxylic acids is 1. The van der Waals surface area contributed by atoms with E-state index in [-0.39, 0.29) is 6.42 Å². The third-order valence-corrected chi connectivity index (χ3v) is 2.36. The summed E-state index contributed by atoms with van der Waals surface area (Å²) in [5, 5.41) is 11.1. The lowest BCUT2D eigenvalue weighted by molar-refractivity contribution is -0.139. The van der Waals surface area contributed by atoms with Gasteiger partial charge in [-0.3, -0.25) is 9.59 Å². The highest BCUT2D eigenvalue weighted by molar-refractivity contribution is 5.85. The lowest BCUT2D eigenvalue weighted by Gasteiger charge is -2.10. The number of carbonyl (C=O) groups is 2. The van der Waals surface area contributed by atoms with Crippen LogP contribution >= 0.6 is 0 Å². The summed E-state index contributed by atoms with van der Waals surface area (Å²) in [6, 6.07) is 8.34. The Morgan fingerprint density at radius 2 is 2.00 bits per heavy atom. The summed E-state index contributed by atoms with van der Waals surface area (Å²) in [7, 11) is 0. The minimum atomic E-state index is -1.09. The summed E-state index contributed by atoms with van der Waals surface area (Å²) in [6.07, 6.45) is 0.257. The summed E-state index contributed by atoms with van der Waals surface area (Å²) >= 11 is 0. The minimum Gasteiger partial charge on any atom is -0.494 e. The van der Waals surface area contributed by atoms with E-state index in [1.807, 2.05) is 30.3 Å². The molecule has 0 aliphatic heterocycles. The SMILES string of the molecule is NC(CC(=O)O)C(=O)NCCCOc1ccccc1. The van der Waals surface area contributed by atoms with E-state index in [1.54, 1.807) is 0 Å². The predicted octanol–water partition coefficient (Wildman–Crippen LogP) is 0.374. The largest absolute Gasteiger partial charge is 0.494 e. The molecule has 104 valence electrons. The molecule has 0 saturated heterocycles. The predicted molar refractivity (Wildman–Crippen MR) is 69.8 cm³/mol. The molecule has 0 aromatic heterocycles. The maximum Gasteiger partial charge on any atom is 0.305 e. The number of para-hydroxylation sites is 1. The van der Waals surface area contributed by atoms with Gasteiger partial charge in [-0.15, -0.1) is 0 Å². The Morgan fingerprint density at radius 3 is 2.63 bits per heavy atom. The number of carboxylic acids is 1. The van der Waals surface area contributed by atoms with Crippen LogP contribution in [0, 0.1) is 0 Å². The van der Waals surface area contributed by atoms with Gasteiger partial charge in [-0.2, -0.15) is 0 Å². The molecule has 6 heteroatoms. The monoisotopic (exact) mass is 266 g/mol. The Bertz CT molecular complexity index is 408. The fourth-order valence-corrected chi connectivity index (χ4v) is 1.40. The van der Waals surface area contributed by atoms with Crippen LogP contribution in [-0.2, 0) is 9.59 Å². The molecule has 1 aromatic carbocycles. The number of nitrogens with two attached hydrogens (primary N) is 1. The normalized spacial score (nSPS) is 11.6. The zero-order chi connectivity index (χ0) is 14.1. The van der Waals surface area contributed by atoms with Crippen LogP contribution in [0.5, 0.6) is 5.75 Å². The smallest absolute Gasteiger partial charge is 0.305 e. The Balaban J connectivity index is 2.10. The van der Waals surface area contributed by atoms with Gasteiger partial charge in [0.1, 0.15) is 5.75 Å². The van der Waals surface area contributed by atoms with Crippen LogP contribution < -0.4 is 15.8 Å². The highest BCUT2D eigenvalue weighted by Crippen LogP contribution is 2.07. The van der Waals surface area contributed by atoms with Gasteiger partial charge < -0.3 is 20.9 Å². The second kappa shape index (κ2) is 8.10. The molecule has 0 aliphatic carbocycles. The quantitative estimate of drug-likeness (QED) is 0.590. The van der Waals surface area contributed by atoms with Crippen molar-refractivity contribution in [3.8, 4) is 5.75 Å². The average molecular weight is 266 g/mol. The first-order valence-electron chi connectivity index (χ1n) is 6.02. The number of benzene rings is 1. The summed E-state index contributed by atoms with van der Waals surface area (Å²) in [5.41, 5.74) is 5.40. The van der Waals surface area contributed by atoms with Gasteiger partial charge in [0.25, 0.3) is 0 Å². The number of nitrogens with one attached hydrogen (secondary N) is 1. The van der Waals surface area contributed by atoms with Crippen LogP contribution in [0.3, 0.4) is 0 Å². The standard InChI is InChI=1S/C13H18N2O4/c14-11(9-12(16)17)13(18)15-7-4-8-19-10-5-2-1-3-6-10/h1-3,5-6,11H,4,7-9,14H2,(H,15,18)(H,16,17). The topological polar surface area (TPSA) is 102 Å². The van der Waals surface area contributed by atoms with E-state index < -0.39 is 17.9 Å². The number of ether oxygens (including phenoxy) is 1. The first-order valence-corrected chi connectivity index (χ1v) is 6.02. The van der Waals surface area contributed by atoms with Crippen LogP contribution in [0.25, 0.3) is 0 Å². The van der Waals surface area contributed by atoms with Gasteiger partial charge >= 0.3 is 5.97 Å². The van der Waals surface area contributed by atoms with Crippen molar-refractivity contribution in [3.05, 3.63) is 30.3 Å². The molecule has 1 atom stereocenters. The second-order valence-corrected chi connectivity index (χ2v) is 4.01. The van der Waals surface area contributed by atoms with Crippen LogP contribution in [0.15, 0.2) is 30.3 Å². The fourth-order valence-electron chi connectivity index (χ4n) is 1.40. The minimum absolute atomic E-state index is 0.369. The summed E-state index contributed by atoms with van der Waals surface area (Å²) in [5.74, 6) is -0.770. The van der Waals surface area contributed by atoms with Crippen molar-refractivity contribution >= 4 is 11.9 Å². The van der Waals surface area contributed by atoms with Crippen molar-refractivity contribution in [2.45, 2.75) is 18.9 Å². The molecule has 0 saturated carbocycles. The molecule has 6 nitrogen and oxygen atoms in total. The molecule has 0 spiro atoms. The molecule has 0 fully saturated rings. The number of rotatable bonds is 8. The van der Waals surface area contributed by atoms with Crippen molar-refractivity contribution in [1.29, 1.82) is 0 Å². The molecule has 1 rings (SSSR count). The molecular formula is C13H18N2O4. The van der Waals surface area contributed by atoms with E-state index in [1.165, 1.54) is 0 Å². The van der Waals surface area contributed by atoms with Gasteiger partial charge in [0.2, 0.25) is 5.91 Å². The average Bonchev–Trinajstić information content (AvgIpc) is 2.38. The summed E-state index contributed by atoms with van der Waals surface area (Å²) in [4.78, 5) is 21.7. The molecule has 1 unspecified atom stereocenters. The van der Waals surface area contributed by atoms with Crippen LogP contribution in [0.1, 0.15) is 12.8 Å². The number of amides is 1. The fraction of sp³-hybridized carbons (Fsp3) is 0.385. The van der Waals surface area contributed by atoms with E-state index in [9.17, 15) is 9.59 Å². The van der Waals surface area contributed by atoms with Crippen LogP contribution in [0.2, 0.25) is 0 Å². The molecular weight excluding hydrogens is 248 g/mol. The van der Waals surface area contributed by atoms with Gasteiger partial charge in [0.15, 0.2) is 0 Å². The molecule has 1 aromatic rings. The number of hydrogen-bond acceptors (Lipinski definition) is 4. The van der Waals surface area contributed by atoms with Crippen molar-refractivity contribution < 1.29 is 19.4 Å². The van der Waals surface area contributed by atoms with Crippen molar-refractivity contribution in [1.82, 2.24) is 5.32 Å². The van der Waals surface area contributed by atoms with Gasteiger partial charge in [-0.05, 0) is 18.6 Å². The van der Waals surface area contributed by atoms with Gasteiger partial charge in [-0.1, -0.05) is 18.2 Å². The third-order valence-electron chi connectivity index (χ3n) is 2.36. The van der Waals surface area contributed by atoms with Gasteiger partial charge in [0.05, 0.1) is 19.1 Å². The van der Waals surface area contributed by atoms with E-state index in [2.05, 4.69) is 5.32 Å². The molecule has 0 aliphatic rings. The Morgan fingerprint density at radius 1 is 1.32 bits per heavy atom. The first kappa shape index (κ1) is 15.0. The van der Waals surface area contributed by atoms with E-state index in [0.29, 0.717) is 19.6 Å². The highest BCUT2D eigenvalue weighted by atomic mass is 16.5. The zero-order valence-electron chi connectivity index (χ0n) is 10.5. The molecule has 0 bridgehead atoms. The molecule has 19 heavy (non-hydrogen) atoms. The lowest BCUT2D eigenvalue weighted by atomic mass is 10.2. The summed E-state index contributed by atoms with van der Waals surface area (Å²) < 4.78 is 5.44.